The van der Waals surface area contributed by atoms with Gasteiger partial charge in [0.15, 0.2) is 0 Å². The molecule has 1 aromatic heterocycles. The number of benzene rings is 1. The molecule has 0 saturated heterocycles. The summed E-state index contributed by atoms with van der Waals surface area (Å²) >= 11 is 0. The molecule has 0 atom stereocenters. The largest absolute Gasteiger partial charge is 0.490 e. The van der Waals surface area contributed by atoms with Gasteiger partial charge in [-0.25, -0.2) is 0 Å². The predicted molar refractivity (Wildman–Crippen MR) is 91.6 cm³/mol. The van der Waals surface area contributed by atoms with E-state index < -0.39 is 0 Å². The molecule has 128 valence electrons. The molecule has 4 rings (SSSR count). The average Bonchev–Trinajstić information content (AvgIpc) is 3.25. The summed E-state index contributed by atoms with van der Waals surface area (Å²) in [5.74, 6) is 0.995. The van der Waals surface area contributed by atoms with Crippen LogP contribution in [0.25, 0.3) is 0 Å². The molecule has 5 nitrogen and oxygen atoms in total. The van der Waals surface area contributed by atoms with Gasteiger partial charge in [0.2, 0.25) is 0 Å². The van der Waals surface area contributed by atoms with E-state index in [0.29, 0.717) is 6.10 Å². The smallest absolute Gasteiger partial charge is 0.119 e. The fourth-order valence-corrected chi connectivity index (χ4v) is 3.72. The van der Waals surface area contributed by atoms with Crippen LogP contribution in [0.15, 0.2) is 30.3 Å². The second kappa shape index (κ2) is 6.95. The third kappa shape index (κ3) is 3.47. The number of hydrogen-bond acceptors (Lipinski definition) is 4. The maximum atomic E-state index is 9.21. The normalized spacial score (nSPS) is 18.7. The van der Waals surface area contributed by atoms with Crippen LogP contribution in [0.4, 0.5) is 0 Å². The molecule has 1 aliphatic carbocycles. The second-order valence-electron chi connectivity index (χ2n) is 6.89. The molecule has 1 aromatic carbocycles. The first kappa shape index (κ1) is 15.7. The van der Waals surface area contributed by atoms with Gasteiger partial charge in [-0.15, -0.1) is 0 Å². The van der Waals surface area contributed by atoms with E-state index in [-0.39, 0.29) is 6.61 Å². The number of fused-ring (bicyclic) bond motifs is 1. The van der Waals surface area contributed by atoms with Gasteiger partial charge in [0.25, 0.3) is 0 Å². The minimum atomic E-state index is 0.0163. The lowest BCUT2D eigenvalue weighted by atomic mass is 10.2. The van der Waals surface area contributed by atoms with Crippen LogP contribution in [0, 0.1) is 0 Å². The Labute approximate surface area is 142 Å². The van der Waals surface area contributed by atoms with E-state index in [1.54, 1.807) is 0 Å². The molecule has 0 bridgehead atoms. The molecule has 2 aromatic rings. The summed E-state index contributed by atoms with van der Waals surface area (Å²) in [7, 11) is 0. The summed E-state index contributed by atoms with van der Waals surface area (Å²) in [6.45, 7) is 3.71. The first-order chi connectivity index (χ1) is 11.8. The van der Waals surface area contributed by atoms with Crippen molar-refractivity contribution in [3.8, 4) is 5.75 Å². The van der Waals surface area contributed by atoms with Gasteiger partial charge in [-0.05, 0) is 49.4 Å². The molecule has 24 heavy (non-hydrogen) atoms. The molecule has 1 aliphatic heterocycles. The zero-order valence-electron chi connectivity index (χ0n) is 14.0. The van der Waals surface area contributed by atoms with Crippen molar-refractivity contribution in [2.45, 2.75) is 58.0 Å². The van der Waals surface area contributed by atoms with E-state index >= 15 is 0 Å². The maximum absolute atomic E-state index is 9.21. The van der Waals surface area contributed by atoms with Crippen molar-refractivity contribution in [3.05, 3.63) is 47.3 Å². The van der Waals surface area contributed by atoms with E-state index in [4.69, 9.17) is 4.74 Å². The zero-order chi connectivity index (χ0) is 16.4. The van der Waals surface area contributed by atoms with Crippen molar-refractivity contribution in [1.82, 2.24) is 14.7 Å². The van der Waals surface area contributed by atoms with Gasteiger partial charge in [0, 0.05) is 19.6 Å². The average molecular weight is 327 g/mol. The van der Waals surface area contributed by atoms with E-state index in [9.17, 15) is 5.11 Å². The van der Waals surface area contributed by atoms with Crippen molar-refractivity contribution in [2.24, 2.45) is 0 Å². The van der Waals surface area contributed by atoms with Crippen molar-refractivity contribution in [2.75, 3.05) is 6.54 Å². The molecule has 5 heteroatoms. The van der Waals surface area contributed by atoms with Crippen LogP contribution in [-0.4, -0.2) is 32.4 Å². The minimum Gasteiger partial charge on any atom is -0.490 e. The minimum absolute atomic E-state index is 0.0163. The number of aliphatic hydroxyl groups is 1. The lowest BCUT2D eigenvalue weighted by Gasteiger charge is -2.27. The van der Waals surface area contributed by atoms with E-state index in [2.05, 4.69) is 34.3 Å². The van der Waals surface area contributed by atoms with Gasteiger partial charge in [-0.2, -0.15) is 5.10 Å². The molecule has 0 radical (unpaired) electrons. The van der Waals surface area contributed by atoms with Crippen LogP contribution in [0.3, 0.4) is 0 Å². The Balaban J connectivity index is 1.35. The van der Waals surface area contributed by atoms with Gasteiger partial charge >= 0.3 is 0 Å². The van der Waals surface area contributed by atoms with E-state index in [0.717, 1.165) is 37.6 Å². The predicted octanol–water partition coefficient (Wildman–Crippen LogP) is 2.71. The molecule has 1 fully saturated rings. The second-order valence-corrected chi connectivity index (χ2v) is 6.89. The quantitative estimate of drug-likeness (QED) is 0.917. The fraction of sp³-hybridized carbons (Fsp3) is 0.526. The van der Waals surface area contributed by atoms with Crippen LogP contribution in [0.1, 0.15) is 42.6 Å². The third-order valence-corrected chi connectivity index (χ3v) is 5.02. The maximum Gasteiger partial charge on any atom is 0.119 e. The summed E-state index contributed by atoms with van der Waals surface area (Å²) in [5.41, 5.74) is 3.26. The Hall–Kier alpha value is -1.85. The van der Waals surface area contributed by atoms with Crippen molar-refractivity contribution in [3.63, 3.8) is 0 Å². The van der Waals surface area contributed by atoms with Crippen LogP contribution in [-0.2, 0) is 26.2 Å². The van der Waals surface area contributed by atoms with E-state index in [1.807, 2.05) is 10.7 Å². The van der Waals surface area contributed by atoms with Gasteiger partial charge in [-0.1, -0.05) is 12.1 Å². The standard InChI is InChI=1S/C19H25N3O2/c23-14-16-11-17-13-21(9-10-22(17)20-16)12-15-5-7-19(8-6-15)24-18-3-1-2-4-18/h5-8,11,18,23H,1-4,9-10,12-14H2. The highest BCUT2D eigenvalue weighted by Gasteiger charge is 2.19. The van der Waals surface area contributed by atoms with Crippen LogP contribution in [0.2, 0.25) is 0 Å². The Bertz CT molecular complexity index is 674. The highest BCUT2D eigenvalue weighted by atomic mass is 16.5. The summed E-state index contributed by atoms with van der Waals surface area (Å²) in [4.78, 5) is 2.42. The van der Waals surface area contributed by atoms with Crippen molar-refractivity contribution < 1.29 is 9.84 Å². The van der Waals surface area contributed by atoms with Crippen molar-refractivity contribution >= 4 is 0 Å². The number of ether oxygens (including phenoxy) is 1. The first-order valence-corrected chi connectivity index (χ1v) is 8.94. The zero-order valence-corrected chi connectivity index (χ0v) is 14.0. The third-order valence-electron chi connectivity index (χ3n) is 5.02. The molecule has 2 heterocycles. The Morgan fingerprint density at radius 2 is 1.92 bits per heavy atom. The van der Waals surface area contributed by atoms with Gasteiger partial charge in [-0.3, -0.25) is 9.58 Å². The topological polar surface area (TPSA) is 50.5 Å². The molecular formula is C19H25N3O2. The van der Waals surface area contributed by atoms with Gasteiger partial charge in [0.05, 0.1) is 30.6 Å². The first-order valence-electron chi connectivity index (χ1n) is 8.94. The van der Waals surface area contributed by atoms with Crippen LogP contribution < -0.4 is 4.74 Å². The number of aliphatic hydroxyl groups excluding tert-OH is 1. The Morgan fingerprint density at radius 3 is 2.67 bits per heavy atom. The monoisotopic (exact) mass is 327 g/mol. The molecule has 0 amide bonds. The lowest BCUT2D eigenvalue weighted by Crippen LogP contribution is -2.33. The Morgan fingerprint density at radius 1 is 1.12 bits per heavy atom. The molecule has 1 N–H and O–H groups in total. The molecule has 0 spiro atoms. The Kier molecular flexibility index (Phi) is 4.54. The number of hydrogen-bond donors (Lipinski definition) is 1. The summed E-state index contributed by atoms with van der Waals surface area (Å²) in [6, 6.07) is 10.6. The SMILES string of the molecule is OCc1cc2n(n1)CCN(Cc1ccc(OC3CCCC3)cc1)C2. The van der Waals surface area contributed by atoms with Crippen LogP contribution >= 0.6 is 0 Å². The summed E-state index contributed by atoms with van der Waals surface area (Å²) in [6.07, 6.45) is 5.40. The highest BCUT2D eigenvalue weighted by molar-refractivity contribution is 5.27. The van der Waals surface area contributed by atoms with E-state index in [1.165, 1.54) is 36.9 Å². The van der Waals surface area contributed by atoms with Crippen molar-refractivity contribution in [1.29, 1.82) is 0 Å². The number of aromatic nitrogens is 2. The molecule has 1 saturated carbocycles. The number of rotatable bonds is 5. The molecule has 0 unspecified atom stereocenters. The summed E-state index contributed by atoms with van der Waals surface area (Å²) in [5, 5.41) is 13.6. The summed E-state index contributed by atoms with van der Waals surface area (Å²) < 4.78 is 8.05. The molecular weight excluding hydrogens is 302 g/mol. The van der Waals surface area contributed by atoms with Crippen LogP contribution in [0.5, 0.6) is 5.75 Å². The van der Waals surface area contributed by atoms with Gasteiger partial charge in [0.1, 0.15) is 5.75 Å². The highest BCUT2D eigenvalue weighted by Crippen LogP contribution is 2.24. The fourth-order valence-electron chi connectivity index (χ4n) is 3.72. The molecule has 2 aliphatic rings. The number of nitrogens with zero attached hydrogens (tertiary/aromatic N) is 3. The van der Waals surface area contributed by atoms with Gasteiger partial charge < -0.3 is 9.84 Å². The lowest BCUT2D eigenvalue weighted by molar-refractivity contribution is 0.203.